The standard InChI is InChI=1S/C8H6BrFN2O4.Na.H/c9-4-1-6(11-3-8(13)14)7(12(15)16)2-5(4)10;;/h1-2,11H,3H2,(H,13,14);;/q;+1;-1. The predicted molar refractivity (Wildman–Crippen MR) is 58.0 cm³/mol. The molecule has 1 aromatic rings. The molecule has 0 bridgehead atoms. The van der Waals surface area contributed by atoms with Gasteiger partial charge in [-0.3, -0.25) is 14.9 Å². The minimum atomic E-state index is -1.17. The van der Waals surface area contributed by atoms with E-state index in [-0.39, 0.29) is 41.1 Å². The molecule has 0 atom stereocenters. The number of nitro benzene ring substituents is 1. The van der Waals surface area contributed by atoms with Gasteiger partial charge >= 0.3 is 35.5 Å². The minimum Gasteiger partial charge on any atom is -1.00 e. The van der Waals surface area contributed by atoms with Crippen LogP contribution in [0.5, 0.6) is 0 Å². The molecule has 2 N–H and O–H groups in total. The summed E-state index contributed by atoms with van der Waals surface area (Å²) in [5.41, 5.74) is -0.567. The van der Waals surface area contributed by atoms with E-state index < -0.39 is 28.9 Å². The number of carbonyl (C=O) groups is 1. The van der Waals surface area contributed by atoms with Gasteiger partial charge in [-0.05, 0) is 22.0 Å². The van der Waals surface area contributed by atoms with Crippen LogP contribution in [0, 0.1) is 15.9 Å². The summed E-state index contributed by atoms with van der Waals surface area (Å²) in [5, 5.41) is 21.3. The number of carboxylic acids is 1. The van der Waals surface area contributed by atoms with Crippen molar-refractivity contribution in [3.63, 3.8) is 0 Å². The molecule has 9 heteroatoms. The summed E-state index contributed by atoms with van der Waals surface area (Å²) in [6.07, 6.45) is 0. The van der Waals surface area contributed by atoms with E-state index in [4.69, 9.17) is 5.11 Å². The van der Waals surface area contributed by atoms with Gasteiger partial charge in [0.05, 0.1) is 15.5 Å². The van der Waals surface area contributed by atoms with Gasteiger partial charge in [-0.25, -0.2) is 4.39 Å². The van der Waals surface area contributed by atoms with Gasteiger partial charge in [0.25, 0.3) is 5.69 Å². The van der Waals surface area contributed by atoms with Crippen molar-refractivity contribution >= 4 is 33.3 Å². The molecule has 6 nitrogen and oxygen atoms in total. The molecule has 0 spiro atoms. The maximum absolute atomic E-state index is 13.0. The Hall–Kier alpha value is -0.700. The van der Waals surface area contributed by atoms with Crippen molar-refractivity contribution in [3.8, 4) is 0 Å². The summed E-state index contributed by atoms with van der Waals surface area (Å²) in [5.74, 6) is -1.96. The van der Waals surface area contributed by atoms with Crippen molar-refractivity contribution < 1.29 is 50.2 Å². The van der Waals surface area contributed by atoms with Gasteiger partial charge in [0.1, 0.15) is 18.0 Å². The molecule has 1 rings (SSSR count). The second-order valence-electron chi connectivity index (χ2n) is 2.79. The molecule has 0 aliphatic carbocycles. The van der Waals surface area contributed by atoms with E-state index >= 15 is 0 Å². The third-order valence-electron chi connectivity index (χ3n) is 1.67. The number of benzene rings is 1. The van der Waals surface area contributed by atoms with Crippen LogP contribution in [0.3, 0.4) is 0 Å². The van der Waals surface area contributed by atoms with Crippen LogP contribution >= 0.6 is 15.9 Å². The van der Waals surface area contributed by atoms with E-state index in [1.807, 2.05) is 0 Å². The van der Waals surface area contributed by atoms with Crippen molar-refractivity contribution in [2.24, 2.45) is 0 Å². The Labute approximate surface area is 127 Å². The van der Waals surface area contributed by atoms with Crippen LogP contribution in [0.4, 0.5) is 15.8 Å². The number of aliphatic carboxylic acids is 1. The monoisotopic (exact) mass is 316 g/mol. The Balaban J connectivity index is 0. The molecule has 88 valence electrons. The average Bonchev–Trinajstić information content (AvgIpc) is 2.18. The second kappa shape index (κ2) is 6.90. The zero-order chi connectivity index (χ0) is 12.3. The Morgan fingerprint density at radius 3 is 2.71 bits per heavy atom. The smallest absolute Gasteiger partial charge is 1.00 e. The first-order valence-electron chi connectivity index (χ1n) is 4.01. The Kier molecular flexibility index (Phi) is 6.61. The third-order valence-corrected chi connectivity index (χ3v) is 2.27. The van der Waals surface area contributed by atoms with Crippen LogP contribution < -0.4 is 34.9 Å². The van der Waals surface area contributed by atoms with Gasteiger partial charge in [0, 0.05) is 0 Å². The van der Waals surface area contributed by atoms with Crippen LogP contribution in [0.15, 0.2) is 16.6 Å². The first kappa shape index (κ1) is 16.3. The summed E-state index contributed by atoms with van der Waals surface area (Å²) in [6.45, 7) is -0.487. The van der Waals surface area contributed by atoms with Crippen LogP contribution in [-0.2, 0) is 4.79 Å². The van der Waals surface area contributed by atoms with E-state index in [0.717, 1.165) is 6.07 Å². The number of rotatable bonds is 4. The van der Waals surface area contributed by atoms with Crippen LogP contribution in [0.1, 0.15) is 1.43 Å². The third kappa shape index (κ3) is 4.58. The maximum Gasteiger partial charge on any atom is 1.00 e. The van der Waals surface area contributed by atoms with Gasteiger partial charge in [-0.15, -0.1) is 0 Å². The Bertz CT molecular complexity index is 463. The number of nitro groups is 1. The fraction of sp³-hybridized carbons (Fsp3) is 0.125. The van der Waals surface area contributed by atoms with Crippen molar-refractivity contribution in [1.29, 1.82) is 0 Å². The quantitative estimate of drug-likeness (QED) is 0.427. The van der Waals surface area contributed by atoms with Crippen molar-refractivity contribution in [2.75, 3.05) is 11.9 Å². The van der Waals surface area contributed by atoms with E-state index in [1.165, 1.54) is 0 Å². The zero-order valence-electron chi connectivity index (χ0n) is 9.74. The number of carboxylic acid groups (broad SMARTS) is 1. The molecule has 0 fully saturated rings. The molecular formula is C8H7BrFN2NaO4. The number of halogens is 2. The molecule has 0 saturated heterocycles. The largest absolute Gasteiger partial charge is 1.00 e. The molecule has 0 saturated carbocycles. The van der Waals surface area contributed by atoms with Crippen molar-refractivity contribution in [2.45, 2.75) is 0 Å². The van der Waals surface area contributed by atoms with E-state index in [2.05, 4.69) is 21.2 Å². The maximum atomic E-state index is 13.0. The number of hydrogen-bond donors (Lipinski definition) is 2. The molecule has 17 heavy (non-hydrogen) atoms. The summed E-state index contributed by atoms with van der Waals surface area (Å²) in [7, 11) is 0. The fourth-order valence-electron chi connectivity index (χ4n) is 1.000. The van der Waals surface area contributed by atoms with Gasteiger partial charge in [-0.2, -0.15) is 0 Å². The normalized spacial score (nSPS) is 9.29. The van der Waals surface area contributed by atoms with Gasteiger partial charge in [0.2, 0.25) is 0 Å². The molecule has 1 aromatic carbocycles. The van der Waals surface area contributed by atoms with E-state index in [0.29, 0.717) is 6.07 Å². The number of nitrogens with zero attached hydrogens (tertiary/aromatic N) is 1. The summed E-state index contributed by atoms with van der Waals surface area (Å²) >= 11 is 2.85. The molecule has 0 unspecified atom stereocenters. The summed E-state index contributed by atoms with van der Waals surface area (Å²) < 4.78 is 13.0. The van der Waals surface area contributed by atoms with Gasteiger partial charge in [-0.1, -0.05) is 0 Å². The number of anilines is 1. The molecule has 0 radical (unpaired) electrons. The average molecular weight is 317 g/mol. The molecule has 0 aliphatic heterocycles. The molecule has 0 aliphatic rings. The predicted octanol–water partition coefficient (Wildman–Crippen LogP) is -0.891. The Morgan fingerprint density at radius 2 is 2.24 bits per heavy atom. The van der Waals surface area contributed by atoms with Gasteiger partial charge in [0.15, 0.2) is 0 Å². The SMILES string of the molecule is O=C(O)CNc1cc(Br)c(F)cc1[N+](=O)[O-].[H-].[Na+]. The van der Waals surface area contributed by atoms with Crippen molar-refractivity contribution in [3.05, 3.63) is 32.5 Å². The molecular weight excluding hydrogens is 310 g/mol. The Morgan fingerprint density at radius 1 is 1.65 bits per heavy atom. The van der Waals surface area contributed by atoms with Crippen LogP contribution in [-0.4, -0.2) is 22.5 Å². The van der Waals surface area contributed by atoms with E-state index in [1.54, 1.807) is 0 Å². The van der Waals surface area contributed by atoms with E-state index in [9.17, 15) is 19.3 Å². The fourth-order valence-corrected chi connectivity index (χ4v) is 1.34. The topological polar surface area (TPSA) is 92.5 Å². The zero-order valence-corrected chi connectivity index (χ0v) is 12.3. The molecule has 0 amide bonds. The molecule has 0 heterocycles. The second-order valence-corrected chi connectivity index (χ2v) is 3.64. The first-order valence-corrected chi connectivity index (χ1v) is 4.80. The summed E-state index contributed by atoms with van der Waals surface area (Å²) in [6, 6.07) is 1.84. The number of nitrogens with one attached hydrogen (secondary N) is 1. The summed E-state index contributed by atoms with van der Waals surface area (Å²) in [4.78, 5) is 20.1. The minimum absolute atomic E-state index is 0. The first-order chi connectivity index (χ1) is 7.41. The molecule has 0 aromatic heterocycles. The van der Waals surface area contributed by atoms with Crippen LogP contribution in [0.25, 0.3) is 0 Å². The van der Waals surface area contributed by atoms with Crippen LogP contribution in [0.2, 0.25) is 0 Å². The van der Waals surface area contributed by atoms with Gasteiger partial charge < -0.3 is 11.8 Å². The number of hydrogen-bond acceptors (Lipinski definition) is 4. The van der Waals surface area contributed by atoms with Crippen molar-refractivity contribution in [1.82, 2.24) is 0 Å².